The molecule has 1 aromatic heterocycles. The number of hydrogen-bond donors (Lipinski definition) is 0. The minimum absolute atomic E-state index is 0.151. The summed E-state index contributed by atoms with van der Waals surface area (Å²) >= 11 is 3.12. The highest BCUT2D eigenvalue weighted by molar-refractivity contribution is 7.98. The van der Waals surface area contributed by atoms with Crippen LogP contribution >= 0.6 is 23.1 Å². The minimum atomic E-state index is -3.56. The van der Waals surface area contributed by atoms with Crippen LogP contribution in [0.4, 0.5) is 5.13 Å². The van der Waals surface area contributed by atoms with E-state index in [1.165, 1.54) is 37.6 Å². The van der Waals surface area contributed by atoms with Gasteiger partial charge in [-0.3, -0.25) is 14.6 Å². The predicted octanol–water partition coefficient (Wildman–Crippen LogP) is 3.25. The van der Waals surface area contributed by atoms with E-state index in [9.17, 15) is 13.2 Å². The highest BCUT2D eigenvalue weighted by Crippen LogP contribution is 2.34. The van der Waals surface area contributed by atoms with E-state index in [2.05, 4.69) is 4.90 Å². The van der Waals surface area contributed by atoms with Gasteiger partial charge < -0.3 is 4.74 Å². The third kappa shape index (κ3) is 5.29. The summed E-state index contributed by atoms with van der Waals surface area (Å²) in [5, 5.41) is 0.639. The van der Waals surface area contributed by atoms with Gasteiger partial charge in [-0.2, -0.15) is 0 Å². The van der Waals surface area contributed by atoms with Gasteiger partial charge in [0.15, 0.2) is 5.13 Å². The van der Waals surface area contributed by atoms with Gasteiger partial charge in [-0.1, -0.05) is 17.4 Å². The fourth-order valence-electron chi connectivity index (χ4n) is 3.68. The number of nitrogens with zero attached hydrogens (tertiary/aromatic N) is 4. The number of carbonyl (C=O) groups excluding carboxylic acids is 1. The zero-order chi connectivity index (χ0) is 24.3. The van der Waals surface area contributed by atoms with Gasteiger partial charge in [0.2, 0.25) is 10.0 Å². The smallest absolute Gasteiger partial charge is 0.260 e. The highest BCUT2D eigenvalue weighted by Gasteiger charge is 2.24. The van der Waals surface area contributed by atoms with Crippen molar-refractivity contribution in [3.8, 4) is 0 Å². The maximum absolute atomic E-state index is 13.6. The Morgan fingerprint density at radius 3 is 2.50 bits per heavy atom. The Morgan fingerprint density at radius 2 is 1.85 bits per heavy atom. The van der Waals surface area contributed by atoms with Crippen molar-refractivity contribution < 1.29 is 17.9 Å². The van der Waals surface area contributed by atoms with Crippen molar-refractivity contribution in [3.63, 3.8) is 0 Å². The first-order chi connectivity index (χ1) is 16.3. The molecule has 0 saturated carbocycles. The van der Waals surface area contributed by atoms with Crippen molar-refractivity contribution in [3.05, 3.63) is 48.0 Å². The largest absolute Gasteiger partial charge is 0.379 e. The number of thiazole rings is 1. The first-order valence-corrected chi connectivity index (χ1v) is 14.4. The SMILES string of the molecule is CSc1cccc2sc(N(CCN3CCOCC3)C(=O)c3ccc(S(=O)(=O)N(C)C)cc3)nc12. The molecule has 0 radical (unpaired) electrons. The standard InChI is InChI=1S/C23H28N4O4S3/c1-25(2)34(29,30)18-9-7-17(8-10-18)22(28)27(12-11-26-13-15-31-16-14-26)23-24-21-19(32-3)5-4-6-20(21)33-23/h4-10H,11-16H2,1-3H3. The minimum Gasteiger partial charge on any atom is -0.379 e. The molecule has 3 aromatic rings. The summed E-state index contributed by atoms with van der Waals surface area (Å²) in [5.41, 5.74) is 1.32. The van der Waals surface area contributed by atoms with Crippen LogP contribution < -0.4 is 4.90 Å². The zero-order valence-corrected chi connectivity index (χ0v) is 21.9. The van der Waals surface area contributed by atoms with Crippen LogP contribution in [0.2, 0.25) is 0 Å². The molecule has 182 valence electrons. The summed E-state index contributed by atoms with van der Waals surface area (Å²) in [5.74, 6) is -0.202. The second-order valence-corrected chi connectivity index (χ2v) is 12.0. The van der Waals surface area contributed by atoms with Gasteiger partial charge in [-0.25, -0.2) is 17.7 Å². The highest BCUT2D eigenvalue weighted by atomic mass is 32.2. The molecule has 0 aliphatic carbocycles. The van der Waals surface area contributed by atoms with E-state index in [-0.39, 0.29) is 10.8 Å². The van der Waals surface area contributed by atoms with Crippen molar-refractivity contribution in [2.45, 2.75) is 9.79 Å². The Kier molecular flexibility index (Phi) is 7.90. The van der Waals surface area contributed by atoms with Crippen LogP contribution in [0, 0.1) is 0 Å². The molecular formula is C23H28N4O4S3. The van der Waals surface area contributed by atoms with Gasteiger partial charge in [0.05, 0.1) is 28.3 Å². The molecule has 0 N–H and O–H groups in total. The average Bonchev–Trinajstić information content (AvgIpc) is 3.28. The number of benzene rings is 2. The number of aromatic nitrogens is 1. The summed E-state index contributed by atoms with van der Waals surface area (Å²) in [6, 6.07) is 12.1. The van der Waals surface area contributed by atoms with Crippen LogP contribution in [-0.4, -0.2) is 88.3 Å². The molecule has 34 heavy (non-hydrogen) atoms. The number of ether oxygens (including phenoxy) is 1. The monoisotopic (exact) mass is 520 g/mol. The van der Waals surface area contributed by atoms with E-state index in [1.807, 2.05) is 24.5 Å². The molecule has 1 fully saturated rings. The number of thioether (sulfide) groups is 1. The summed E-state index contributed by atoms with van der Waals surface area (Å²) in [6.45, 7) is 4.21. The Morgan fingerprint density at radius 1 is 1.15 bits per heavy atom. The molecular weight excluding hydrogens is 492 g/mol. The molecule has 0 atom stereocenters. The van der Waals surface area contributed by atoms with Gasteiger partial charge in [0, 0.05) is 50.7 Å². The van der Waals surface area contributed by atoms with E-state index < -0.39 is 10.0 Å². The third-order valence-electron chi connectivity index (χ3n) is 5.69. The number of hydrogen-bond acceptors (Lipinski definition) is 8. The van der Waals surface area contributed by atoms with Gasteiger partial charge in [-0.15, -0.1) is 11.8 Å². The van der Waals surface area contributed by atoms with Crippen molar-refractivity contribution in [1.82, 2.24) is 14.2 Å². The molecule has 8 nitrogen and oxygen atoms in total. The maximum Gasteiger partial charge on any atom is 0.260 e. The molecule has 0 unspecified atom stereocenters. The molecule has 1 amide bonds. The van der Waals surface area contributed by atoms with E-state index in [0.29, 0.717) is 37.0 Å². The Bertz CT molecular complexity index is 1250. The quantitative estimate of drug-likeness (QED) is 0.422. The van der Waals surface area contributed by atoms with Crippen LogP contribution in [0.3, 0.4) is 0 Å². The first-order valence-electron chi connectivity index (χ1n) is 10.9. The van der Waals surface area contributed by atoms with E-state index >= 15 is 0 Å². The number of sulfonamides is 1. The topological polar surface area (TPSA) is 83.0 Å². The molecule has 1 saturated heterocycles. The van der Waals surface area contributed by atoms with Gasteiger partial charge >= 0.3 is 0 Å². The zero-order valence-electron chi connectivity index (χ0n) is 19.4. The van der Waals surface area contributed by atoms with Crippen LogP contribution in [-0.2, 0) is 14.8 Å². The van der Waals surface area contributed by atoms with Crippen molar-refractivity contribution in [2.75, 3.05) is 64.6 Å². The molecule has 1 aliphatic heterocycles. The lowest BCUT2D eigenvalue weighted by molar-refractivity contribution is 0.0391. The van der Waals surface area contributed by atoms with Crippen molar-refractivity contribution >= 4 is 54.4 Å². The van der Waals surface area contributed by atoms with Gasteiger partial charge in [0.25, 0.3) is 5.91 Å². The molecule has 2 aromatic carbocycles. The number of para-hydroxylation sites is 1. The predicted molar refractivity (Wildman–Crippen MR) is 138 cm³/mol. The molecule has 2 heterocycles. The van der Waals surface area contributed by atoms with E-state index in [1.54, 1.807) is 28.8 Å². The van der Waals surface area contributed by atoms with Crippen LogP contribution in [0.25, 0.3) is 10.2 Å². The molecule has 0 bridgehead atoms. The Balaban J connectivity index is 1.65. The number of carbonyl (C=O) groups is 1. The fourth-order valence-corrected chi connectivity index (χ4v) is 6.22. The second-order valence-electron chi connectivity index (χ2n) is 8.03. The van der Waals surface area contributed by atoms with E-state index in [0.717, 1.165) is 32.5 Å². The number of rotatable bonds is 8. The van der Waals surface area contributed by atoms with Crippen LogP contribution in [0.5, 0.6) is 0 Å². The average molecular weight is 521 g/mol. The number of morpholine rings is 1. The van der Waals surface area contributed by atoms with Crippen LogP contribution in [0.15, 0.2) is 52.3 Å². The summed E-state index contributed by atoms with van der Waals surface area (Å²) in [6.07, 6.45) is 2.01. The van der Waals surface area contributed by atoms with Crippen LogP contribution in [0.1, 0.15) is 10.4 Å². The normalized spacial score (nSPS) is 15.2. The molecule has 1 aliphatic rings. The number of amides is 1. The van der Waals surface area contributed by atoms with Gasteiger partial charge in [-0.05, 0) is 42.7 Å². The summed E-state index contributed by atoms with van der Waals surface area (Å²) in [7, 11) is -0.596. The lowest BCUT2D eigenvalue weighted by Crippen LogP contribution is -2.43. The lowest BCUT2D eigenvalue weighted by Gasteiger charge is -2.29. The summed E-state index contributed by atoms with van der Waals surface area (Å²) in [4.78, 5) is 23.7. The first kappa shape index (κ1) is 25.1. The molecule has 0 spiro atoms. The molecule has 4 rings (SSSR count). The van der Waals surface area contributed by atoms with Gasteiger partial charge in [0.1, 0.15) is 0 Å². The summed E-state index contributed by atoms with van der Waals surface area (Å²) < 4.78 is 32.4. The Hall–Kier alpha value is -2.02. The second kappa shape index (κ2) is 10.7. The third-order valence-corrected chi connectivity index (χ3v) is 9.33. The van der Waals surface area contributed by atoms with Crippen molar-refractivity contribution in [2.24, 2.45) is 0 Å². The number of anilines is 1. The van der Waals surface area contributed by atoms with E-state index in [4.69, 9.17) is 9.72 Å². The number of fused-ring (bicyclic) bond motifs is 1. The van der Waals surface area contributed by atoms with Crippen molar-refractivity contribution in [1.29, 1.82) is 0 Å². The molecule has 11 heteroatoms. The maximum atomic E-state index is 13.6. The fraction of sp³-hybridized carbons (Fsp3) is 0.391. The Labute approximate surface area is 208 Å². The lowest BCUT2D eigenvalue weighted by atomic mass is 10.2.